The van der Waals surface area contributed by atoms with Crippen LogP contribution in [0.3, 0.4) is 0 Å². The fourth-order valence-electron chi connectivity index (χ4n) is 0.715. The zero-order valence-corrected chi connectivity index (χ0v) is 8.99. The highest BCUT2D eigenvalue weighted by Gasteiger charge is 2.10. The van der Waals surface area contributed by atoms with E-state index in [-0.39, 0.29) is 11.4 Å². The summed E-state index contributed by atoms with van der Waals surface area (Å²) < 4.78 is 23.8. The quantitative estimate of drug-likeness (QED) is 0.349. The van der Waals surface area contributed by atoms with Gasteiger partial charge in [0.05, 0.1) is 4.92 Å². The second-order valence-electron chi connectivity index (χ2n) is 2.35. The van der Waals surface area contributed by atoms with Crippen molar-refractivity contribution in [3.8, 4) is 0 Å². The van der Waals surface area contributed by atoms with Crippen LogP contribution in [0.4, 0.5) is 13.8 Å². The molecule has 0 amide bonds. The van der Waals surface area contributed by atoms with Crippen LogP contribution in [0.2, 0.25) is 0 Å². The first-order valence-electron chi connectivity index (χ1n) is 3.84. The summed E-state index contributed by atoms with van der Waals surface area (Å²) in [6.07, 6.45) is 0.495. The molecule has 0 N–H and O–H groups in total. The van der Waals surface area contributed by atoms with Crippen molar-refractivity contribution in [3.63, 3.8) is 0 Å². The van der Waals surface area contributed by atoms with E-state index in [0.29, 0.717) is 10.1 Å². The number of aromatic nitrogens is 1. The van der Waals surface area contributed by atoms with Gasteiger partial charge in [-0.05, 0) is 23.8 Å². The molecular weight excluding hydrogens is 246 g/mol. The van der Waals surface area contributed by atoms with Gasteiger partial charge in [-0.1, -0.05) is 11.8 Å². The van der Waals surface area contributed by atoms with Crippen molar-refractivity contribution < 1.29 is 13.7 Å². The third kappa shape index (κ3) is 4.34. The van der Waals surface area contributed by atoms with E-state index in [2.05, 4.69) is 4.98 Å². The number of allylic oxidation sites excluding steroid dienone is 1. The molecule has 1 aromatic rings. The summed E-state index contributed by atoms with van der Waals surface area (Å²) in [7, 11) is 0. The Kier molecular flexibility index (Phi) is 4.63. The molecule has 1 aromatic heterocycles. The summed E-state index contributed by atoms with van der Waals surface area (Å²) in [6.45, 7) is 0. The summed E-state index contributed by atoms with van der Waals surface area (Å²) in [5.74, 6) is 0.433. The zero-order valence-electron chi connectivity index (χ0n) is 7.35. The molecule has 0 saturated heterocycles. The maximum atomic E-state index is 11.6. The highest BCUT2D eigenvalue weighted by atomic mass is 32.2. The van der Waals surface area contributed by atoms with E-state index in [1.54, 1.807) is 0 Å². The Morgan fingerprint density at radius 3 is 3.00 bits per heavy atom. The SMILES string of the molecule is O=[N+]([O-])c1cnc(SCCC=C(F)F)s1. The molecule has 0 bridgehead atoms. The molecule has 0 atom stereocenters. The molecule has 82 valence electrons. The molecule has 15 heavy (non-hydrogen) atoms. The molecule has 0 saturated carbocycles. The lowest BCUT2D eigenvalue weighted by Crippen LogP contribution is -1.80. The molecule has 0 fully saturated rings. The van der Waals surface area contributed by atoms with E-state index in [9.17, 15) is 18.9 Å². The normalized spacial score (nSPS) is 10.0. The molecule has 4 nitrogen and oxygen atoms in total. The van der Waals surface area contributed by atoms with E-state index in [4.69, 9.17) is 0 Å². The maximum Gasteiger partial charge on any atom is 0.344 e. The van der Waals surface area contributed by atoms with E-state index in [0.717, 1.165) is 17.4 Å². The van der Waals surface area contributed by atoms with Crippen molar-refractivity contribution in [1.29, 1.82) is 0 Å². The molecule has 8 heteroatoms. The van der Waals surface area contributed by atoms with E-state index in [1.165, 1.54) is 18.0 Å². The van der Waals surface area contributed by atoms with Crippen molar-refractivity contribution in [2.45, 2.75) is 10.8 Å². The molecule has 1 heterocycles. The number of nitrogens with zero attached hydrogens (tertiary/aromatic N) is 2. The lowest BCUT2D eigenvalue weighted by Gasteiger charge is -1.90. The third-order valence-electron chi connectivity index (χ3n) is 1.29. The molecule has 0 spiro atoms. The van der Waals surface area contributed by atoms with Gasteiger partial charge in [0, 0.05) is 5.75 Å². The second-order valence-corrected chi connectivity index (χ2v) is 4.70. The molecular formula is C7H6F2N2O2S2. The van der Waals surface area contributed by atoms with Gasteiger partial charge in [-0.25, -0.2) is 4.98 Å². The maximum absolute atomic E-state index is 11.6. The van der Waals surface area contributed by atoms with Gasteiger partial charge in [0.2, 0.25) is 0 Å². The Hall–Kier alpha value is -1.02. The Morgan fingerprint density at radius 1 is 1.73 bits per heavy atom. The average Bonchev–Trinajstić information content (AvgIpc) is 2.60. The summed E-state index contributed by atoms with van der Waals surface area (Å²) in [5.41, 5.74) is 0. The minimum atomic E-state index is -1.71. The molecule has 1 rings (SSSR count). The first kappa shape index (κ1) is 12.1. The number of nitro groups is 1. The molecule has 0 aromatic carbocycles. The number of thiazole rings is 1. The van der Waals surface area contributed by atoms with Gasteiger partial charge in [0.15, 0.2) is 4.34 Å². The fourth-order valence-corrected chi connectivity index (χ4v) is 2.46. The van der Waals surface area contributed by atoms with Gasteiger partial charge < -0.3 is 0 Å². The van der Waals surface area contributed by atoms with Crippen molar-refractivity contribution in [3.05, 3.63) is 28.5 Å². The first-order chi connectivity index (χ1) is 7.09. The third-order valence-corrected chi connectivity index (χ3v) is 3.43. The highest BCUT2D eigenvalue weighted by Crippen LogP contribution is 2.29. The smallest absolute Gasteiger partial charge is 0.257 e. The average molecular weight is 252 g/mol. The second kappa shape index (κ2) is 5.76. The Balaban J connectivity index is 2.38. The van der Waals surface area contributed by atoms with Crippen molar-refractivity contribution >= 4 is 28.1 Å². The van der Waals surface area contributed by atoms with E-state index in [1.807, 2.05) is 0 Å². The van der Waals surface area contributed by atoms with Crippen LogP contribution in [0.1, 0.15) is 6.42 Å². The number of hydrogen-bond acceptors (Lipinski definition) is 5. The highest BCUT2D eigenvalue weighted by molar-refractivity contribution is 8.01. The van der Waals surface area contributed by atoms with Crippen LogP contribution in [-0.4, -0.2) is 15.7 Å². The molecule has 0 aliphatic heterocycles. The Morgan fingerprint density at radius 2 is 2.47 bits per heavy atom. The van der Waals surface area contributed by atoms with Crippen molar-refractivity contribution in [2.75, 3.05) is 5.75 Å². The van der Waals surface area contributed by atoms with Crippen molar-refractivity contribution in [2.24, 2.45) is 0 Å². The Labute approximate surface area is 92.2 Å². The number of hydrogen-bond donors (Lipinski definition) is 0. The van der Waals surface area contributed by atoms with Gasteiger partial charge in [-0.2, -0.15) is 8.78 Å². The molecule has 0 aliphatic carbocycles. The van der Waals surface area contributed by atoms with Crippen LogP contribution in [0.15, 0.2) is 22.7 Å². The number of thioether (sulfide) groups is 1. The summed E-state index contributed by atoms with van der Waals surface area (Å²) >= 11 is 2.17. The largest absolute Gasteiger partial charge is 0.344 e. The van der Waals surface area contributed by atoms with Crippen LogP contribution >= 0.6 is 23.1 Å². The lowest BCUT2D eigenvalue weighted by molar-refractivity contribution is -0.380. The predicted molar refractivity (Wildman–Crippen MR) is 54.4 cm³/mol. The van der Waals surface area contributed by atoms with Crippen LogP contribution in [0.5, 0.6) is 0 Å². The van der Waals surface area contributed by atoms with E-state index < -0.39 is 11.0 Å². The minimum absolute atomic E-state index is 0.0373. The van der Waals surface area contributed by atoms with Crippen LogP contribution in [0, 0.1) is 10.1 Å². The van der Waals surface area contributed by atoms with Gasteiger partial charge in [-0.3, -0.25) is 10.1 Å². The molecule has 0 radical (unpaired) electrons. The summed E-state index contributed by atoms with van der Waals surface area (Å²) in [6, 6.07) is 0. The topological polar surface area (TPSA) is 56.0 Å². The minimum Gasteiger partial charge on any atom is -0.257 e. The fraction of sp³-hybridized carbons (Fsp3) is 0.286. The summed E-state index contributed by atoms with van der Waals surface area (Å²) in [5, 5.41) is 10.3. The number of rotatable bonds is 5. The number of halogens is 2. The van der Waals surface area contributed by atoms with E-state index >= 15 is 0 Å². The zero-order chi connectivity index (χ0) is 11.3. The van der Waals surface area contributed by atoms with Crippen LogP contribution in [-0.2, 0) is 0 Å². The van der Waals surface area contributed by atoms with Gasteiger partial charge >= 0.3 is 5.00 Å². The van der Waals surface area contributed by atoms with Crippen molar-refractivity contribution in [1.82, 2.24) is 4.98 Å². The van der Waals surface area contributed by atoms with Gasteiger partial charge in [-0.15, -0.1) is 0 Å². The van der Waals surface area contributed by atoms with Gasteiger partial charge in [0.1, 0.15) is 6.20 Å². The molecule has 0 aliphatic rings. The van der Waals surface area contributed by atoms with Gasteiger partial charge in [0.25, 0.3) is 6.08 Å². The molecule has 0 unspecified atom stereocenters. The lowest BCUT2D eigenvalue weighted by atomic mass is 10.5. The Bertz CT molecular complexity index is 377. The monoisotopic (exact) mass is 252 g/mol. The first-order valence-corrected chi connectivity index (χ1v) is 5.64. The van der Waals surface area contributed by atoms with Crippen LogP contribution in [0.25, 0.3) is 0 Å². The van der Waals surface area contributed by atoms with Crippen LogP contribution < -0.4 is 0 Å². The summed E-state index contributed by atoms with van der Waals surface area (Å²) in [4.78, 5) is 13.6. The predicted octanol–water partition coefficient (Wildman–Crippen LogP) is 3.31. The standard InChI is InChI=1S/C7H6F2N2O2S2/c8-5(9)2-1-3-14-7-10-4-6(15-7)11(12)13/h2,4H,1,3H2.